The average molecular weight is 399 g/mol. The lowest BCUT2D eigenvalue weighted by molar-refractivity contribution is 0.0948. The molecule has 3 aromatic rings. The van der Waals surface area contributed by atoms with Crippen LogP contribution in [0.2, 0.25) is 0 Å². The van der Waals surface area contributed by atoms with E-state index in [1.807, 2.05) is 4.90 Å². The van der Waals surface area contributed by atoms with Crippen LogP contribution < -0.4 is 20.7 Å². The fourth-order valence-electron chi connectivity index (χ4n) is 3.88. The fraction of sp³-hybridized carbons (Fsp3) is 0.333. The number of carbonyl (C=O) groups excluding carboxylic acids is 1. The lowest BCUT2D eigenvalue weighted by atomic mass is 10.1. The molecule has 2 aliphatic rings. The molecular formula is C18H18FN7O3. The van der Waals surface area contributed by atoms with Crippen molar-refractivity contribution in [2.75, 3.05) is 30.3 Å². The number of carbonyl (C=O) groups is 1. The fourth-order valence-corrected chi connectivity index (χ4v) is 3.88. The van der Waals surface area contributed by atoms with Gasteiger partial charge in [-0.2, -0.15) is 0 Å². The number of pyridine rings is 1. The molecule has 11 heteroatoms. The topological polar surface area (TPSA) is 131 Å². The third-order valence-corrected chi connectivity index (χ3v) is 5.13. The number of fused-ring (bicyclic) bond motifs is 5. The number of nitrogens with two attached hydrogens (primary N) is 1. The monoisotopic (exact) mass is 399 g/mol. The van der Waals surface area contributed by atoms with Gasteiger partial charge in [0.05, 0.1) is 24.9 Å². The van der Waals surface area contributed by atoms with Crippen molar-refractivity contribution in [1.29, 1.82) is 0 Å². The van der Waals surface area contributed by atoms with E-state index in [1.54, 1.807) is 12.3 Å². The highest BCUT2D eigenvalue weighted by Crippen LogP contribution is 2.39. The van der Waals surface area contributed by atoms with Crippen LogP contribution in [0.25, 0.3) is 5.65 Å². The zero-order valence-electron chi connectivity index (χ0n) is 15.2. The molecule has 2 atom stereocenters. The summed E-state index contributed by atoms with van der Waals surface area (Å²) in [6.45, 7) is 0.599. The Bertz CT molecular complexity index is 1120. The molecule has 0 aromatic carbocycles. The smallest absolute Gasteiger partial charge is 0.259 e. The number of nitrogens with one attached hydrogen (secondary N) is 1. The number of nitrogens with zero attached hydrogens (tertiary/aromatic N) is 5. The molecule has 10 nitrogen and oxygen atoms in total. The molecule has 0 spiro atoms. The van der Waals surface area contributed by atoms with Gasteiger partial charge in [0.2, 0.25) is 5.88 Å². The Morgan fingerprint density at radius 3 is 3.14 bits per heavy atom. The zero-order chi connectivity index (χ0) is 20.1. The summed E-state index contributed by atoms with van der Waals surface area (Å²) in [5, 5.41) is 17.2. The van der Waals surface area contributed by atoms with Gasteiger partial charge in [-0.1, -0.05) is 0 Å². The molecule has 5 rings (SSSR count). The number of aromatic nitrogens is 4. The molecule has 0 saturated carbocycles. The molecule has 2 aliphatic heterocycles. The summed E-state index contributed by atoms with van der Waals surface area (Å²) in [4.78, 5) is 23.1. The second-order valence-corrected chi connectivity index (χ2v) is 7.02. The largest absolute Gasteiger partial charge is 0.476 e. The van der Waals surface area contributed by atoms with Crippen molar-refractivity contribution in [1.82, 2.24) is 24.9 Å². The highest BCUT2D eigenvalue weighted by molar-refractivity contribution is 6.04. The van der Waals surface area contributed by atoms with Gasteiger partial charge in [0.15, 0.2) is 11.5 Å². The molecule has 0 radical (unpaired) electrons. The molecule has 1 amide bonds. The van der Waals surface area contributed by atoms with E-state index in [9.17, 15) is 14.3 Å². The number of hydrogen-bond acceptors (Lipinski definition) is 8. The quantitative estimate of drug-likeness (QED) is 0.491. The third kappa shape index (κ3) is 2.90. The zero-order valence-corrected chi connectivity index (χ0v) is 15.2. The first kappa shape index (κ1) is 17.6. The number of aliphatic hydroxyl groups is 1. The molecular weight excluding hydrogens is 381 g/mol. The molecule has 1 fully saturated rings. The minimum absolute atomic E-state index is 0.0629. The van der Waals surface area contributed by atoms with Gasteiger partial charge in [-0.05, 0) is 18.6 Å². The average Bonchev–Trinajstić information content (AvgIpc) is 3.23. The van der Waals surface area contributed by atoms with Crippen LogP contribution in [0.4, 0.5) is 16.0 Å². The number of hydrogen-bond donors (Lipinski definition) is 3. The minimum atomic E-state index is -0.639. The second kappa shape index (κ2) is 6.55. The normalized spacial score (nSPS) is 21.6. The van der Waals surface area contributed by atoms with Crippen molar-refractivity contribution >= 4 is 23.2 Å². The summed E-state index contributed by atoms with van der Waals surface area (Å²) in [5.74, 6) is -0.0983. The van der Waals surface area contributed by atoms with Crippen LogP contribution >= 0.6 is 0 Å². The van der Waals surface area contributed by atoms with Crippen LogP contribution in [0.3, 0.4) is 0 Å². The van der Waals surface area contributed by atoms with E-state index in [0.29, 0.717) is 23.4 Å². The number of aliphatic hydroxyl groups excluding tert-OH is 1. The van der Waals surface area contributed by atoms with Crippen LogP contribution in [0, 0.1) is 5.82 Å². The first-order valence-corrected chi connectivity index (χ1v) is 9.17. The highest BCUT2D eigenvalue weighted by atomic mass is 19.1. The number of nitrogen functional groups attached to an aromatic ring is 1. The van der Waals surface area contributed by atoms with E-state index < -0.39 is 23.9 Å². The summed E-state index contributed by atoms with van der Waals surface area (Å²) in [7, 11) is 0. The summed E-state index contributed by atoms with van der Waals surface area (Å²) in [5.41, 5.74) is 6.93. The molecule has 0 unspecified atom stereocenters. The van der Waals surface area contributed by atoms with E-state index in [2.05, 4.69) is 20.4 Å². The Balaban J connectivity index is 1.70. The lowest BCUT2D eigenvalue weighted by Crippen LogP contribution is -2.29. The molecule has 5 heterocycles. The van der Waals surface area contributed by atoms with Crippen LogP contribution in [0.15, 0.2) is 24.5 Å². The predicted molar refractivity (Wildman–Crippen MR) is 100 cm³/mol. The van der Waals surface area contributed by atoms with Gasteiger partial charge >= 0.3 is 0 Å². The van der Waals surface area contributed by atoms with E-state index in [-0.39, 0.29) is 37.0 Å². The van der Waals surface area contributed by atoms with E-state index >= 15 is 0 Å². The van der Waals surface area contributed by atoms with Crippen LogP contribution in [0.5, 0.6) is 5.88 Å². The maximum atomic E-state index is 14.0. The van der Waals surface area contributed by atoms with E-state index in [0.717, 1.165) is 6.20 Å². The maximum absolute atomic E-state index is 14.0. The Hall–Kier alpha value is -3.47. The van der Waals surface area contributed by atoms with E-state index in [1.165, 1.54) is 10.6 Å². The Kier molecular flexibility index (Phi) is 3.98. The minimum Gasteiger partial charge on any atom is -0.476 e. The molecule has 150 valence electrons. The summed E-state index contributed by atoms with van der Waals surface area (Å²) in [6, 6.07) is 2.67. The molecule has 2 bridgehead atoms. The van der Waals surface area contributed by atoms with Gasteiger partial charge in [-0.15, -0.1) is 5.10 Å². The summed E-state index contributed by atoms with van der Waals surface area (Å²) >= 11 is 0. The first-order valence-electron chi connectivity index (χ1n) is 9.17. The molecule has 4 N–H and O–H groups in total. The summed E-state index contributed by atoms with van der Waals surface area (Å²) < 4.78 is 21.1. The number of rotatable bonds is 0. The van der Waals surface area contributed by atoms with Crippen molar-refractivity contribution < 1.29 is 19.0 Å². The molecule has 3 aromatic heterocycles. The Morgan fingerprint density at radius 2 is 2.28 bits per heavy atom. The third-order valence-electron chi connectivity index (χ3n) is 5.13. The highest BCUT2D eigenvalue weighted by Gasteiger charge is 2.36. The van der Waals surface area contributed by atoms with Crippen LogP contribution in [0.1, 0.15) is 28.4 Å². The molecule has 0 aliphatic carbocycles. The van der Waals surface area contributed by atoms with Crippen molar-refractivity contribution in [2.45, 2.75) is 18.6 Å². The van der Waals surface area contributed by atoms with Crippen molar-refractivity contribution in [3.8, 4) is 5.88 Å². The molecule has 29 heavy (non-hydrogen) atoms. The van der Waals surface area contributed by atoms with Crippen molar-refractivity contribution in [2.24, 2.45) is 0 Å². The Labute approximate surface area is 164 Å². The van der Waals surface area contributed by atoms with Crippen LogP contribution in [-0.4, -0.2) is 56.4 Å². The number of ether oxygens (including phenoxy) is 1. The van der Waals surface area contributed by atoms with Crippen molar-refractivity contribution in [3.63, 3.8) is 0 Å². The summed E-state index contributed by atoms with van der Waals surface area (Å²) in [6.07, 6.45) is 2.45. The van der Waals surface area contributed by atoms with Crippen LogP contribution in [-0.2, 0) is 0 Å². The van der Waals surface area contributed by atoms with Gasteiger partial charge in [-0.3, -0.25) is 4.79 Å². The van der Waals surface area contributed by atoms with Gasteiger partial charge in [0.1, 0.15) is 23.8 Å². The molecule has 1 saturated heterocycles. The van der Waals surface area contributed by atoms with Gasteiger partial charge in [-0.25, -0.2) is 18.9 Å². The first-order chi connectivity index (χ1) is 14.0. The van der Waals surface area contributed by atoms with E-state index in [4.69, 9.17) is 10.5 Å². The number of halogens is 1. The SMILES string of the molecule is Nc1nn2ccc3nc2c1C(=O)NCCOc1ncc(F)cc1[C@H]1C[C@@H](O)CN31. The van der Waals surface area contributed by atoms with Gasteiger partial charge < -0.3 is 25.8 Å². The lowest BCUT2D eigenvalue weighted by Gasteiger charge is -2.26. The predicted octanol–water partition coefficient (Wildman–Crippen LogP) is 0.280. The second-order valence-electron chi connectivity index (χ2n) is 7.02. The van der Waals surface area contributed by atoms with Gasteiger partial charge in [0.25, 0.3) is 5.91 Å². The van der Waals surface area contributed by atoms with Gasteiger partial charge in [0, 0.05) is 18.3 Å². The Morgan fingerprint density at radius 1 is 1.41 bits per heavy atom. The van der Waals surface area contributed by atoms with Crippen molar-refractivity contribution in [3.05, 3.63) is 41.5 Å². The number of anilines is 2. The maximum Gasteiger partial charge on any atom is 0.259 e. The standard InChI is InChI=1S/C18H18FN7O3/c19-9-5-11-12-6-10(27)8-25(12)13-1-3-26-16(23-13)14(15(20)24-26)17(28)21-2-4-29-18(11)22-7-9/h1,3,5,7,10,12,27H,2,4,6,8H2,(H2,20,24)(H,21,28)/t10-,12-/m1/s1. The number of amides is 1.